The van der Waals surface area contributed by atoms with Gasteiger partial charge >= 0.3 is 0 Å². The van der Waals surface area contributed by atoms with Crippen molar-refractivity contribution in [3.8, 4) is 0 Å². The van der Waals surface area contributed by atoms with Crippen molar-refractivity contribution < 1.29 is 5.11 Å². The SMILES string of the molecule is CCNC(C)(CO)CCCCN(C)CCCN(C)C. The number of rotatable bonds is 12. The molecule has 0 aliphatic carbocycles. The molecular weight excluding hydrogens is 238 g/mol. The summed E-state index contributed by atoms with van der Waals surface area (Å²) >= 11 is 0. The number of aliphatic hydroxyl groups excluding tert-OH is 1. The molecule has 0 bridgehead atoms. The molecule has 0 aromatic heterocycles. The van der Waals surface area contributed by atoms with Crippen molar-refractivity contribution in [2.45, 2.75) is 45.1 Å². The molecule has 0 saturated heterocycles. The molecule has 0 aliphatic rings. The molecular formula is C15H35N3O. The number of aliphatic hydroxyl groups is 1. The van der Waals surface area contributed by atoms with Crippen molar-refractivity contribution in [2.24, 2.45) is 0 Å². The zero-order valence-corrected chi connectivity index (χ0v) is 13.7. The van der Waals surface area contributed by atoms with Crippen molar-refractivity contribution in [1.29, 1.82) is 0 Å². The number of unbranched alkanes of at least 4 members (excludes halogenated alkanes) is 1. The Kier molecular flexibility index (Phi) is 10.5. The van der Waals surface area contributed by atoms with E-state index < -0.39 is 0 Å². The van der Waals surface area contributed by atoms with Crippen LogP contribution in [0.5, 0.6) is 0 Å². The van der Waals surface area contributed by atoms with Gasteiger partial charge in [-0.3, -0.25) is 0 Å². The van der Waals surface area contributed by atoms with Gasteiger partial charge in [-0.1, -0.05) is 13.3 Å². The van der Waals surface area contributed by atoms with Crippen molar-refractivity contribution in [2.75, 3.05) is 53.9 Å². The Morgan fingerprint density at radius 1 is 1.00 bits per heavy atom. The van der Waals surface area contributed by atoms with Crippen molar-refractivity contribution in [3.05, 3.63) is 0 Å². The summed E-state index contributed by atoms with van der Waals surface area (Å²) in [5, 5.41) is 12.8. The topological polar surface area (TPSA) is 38.7 Å². The van der Waals surface area contributed by atoms with E-state index in [1.807, 2.05) is 0 Å². The van der Waals surface area contributed by atoms with Crippen LogP contribution in [0, 0.1) is 0 Å². The Morgan fingerprint density at radius 3 is 2.16 bits per heavy atom. The first-order valence-electron chi connectivity index (χ1n) is 7.62. The zero-order chi connectivity index (χ0) is 14.7. The molecule has 0 radical (unpaired) electrons. The highest BCUT2D eigenvalue weighted by Gasteiger charge is 2.20. The quantitative estimate of drug-likeness (QED) is 0.527. The number of nitrogens with one attached hydrogen (secondary N) is 1. The minimum Gasteiger partial charge on any atom is -0.394 e. The molecule has 0 aromatic rings. The highest BCUT2D eigenvalue weighted by atomic mass is 16.3. The lowest BCUT2D eigenvalue weighted by Gasteiger charge is -2.28. The average Bonchev–Trinajstić information content (AvgIpc) is 2.34. The van der Waals surface area contributed by atoms with E-state index in [1.165, 1.54) is 25.8 Å². The van der Waals surface area contributed by atoms with Gasteiger partial charge in [0.25, 0.3) is 0 Å². The third kappa shape index (κ3) is 10.3. The smallest absolute Gasteiger partial charge is 0.0610 e. The van der Waals surface area contributed by atoms with Crippen LogP contribution in [0.25, 0.3) is 0 Å². The Labute approximate surface area is 120 Å². The normalized spacial score (nSPS) is 15.2. The van der Waals surface area contributed by atoms with E-state index in [9.17, 15) is 5.11 Å². The fourth-order valence-electron chi connectivity index (χ4n) is 2.32. The molecule has 0 aliphatic heterocycles. The van der Waals surface area contributed by atoms with Gasteiger partial charge in [-0.25, -0.2) is 0 Å². The van der Waals surface area contributed by atoms with Gasteiger partial charge in [-0.05, 0) is 73.5 Å². The number of nitrogens with zero attached hydrogens (tertiary/aromatic N) is 2. The van der Waals surface area contributed by atoms with Crippen LogP contribution in [0.15, 0.2) is 0 Å². The van der Waals surface area contributed by atoms with E-state index in [1.54, 1.807) is 0 Å². The van der Waals surface area contributed by atoms with E-state index in [-0.39, 0.29) is 12.1 Å². The molecule has 1 atom stereocenters. The van der Waals surface area contributed by atoms with Gasteiger partial charge < -0.3 is 20.2 Å². The Balaban J connectivity index is 3.61. The summed E-state index contributed by atoms with van der Waals surface area (Å²) in [5.74, 6) is 0. The number of hydrogen-bond donors (Lipinski definition) is 2. The highest BCUT2D eigenvalue weighted by Crippen LogP contribution is 2.13. The van der Waals surface area contributed by atoms with Crippen LogP contribution in [0.1, 0.15) is 39.5 Å². The summed E-state index contributed by atoms with van der Waals surface area (Å²) in [6, 6.07) is 0. The van der Waals surface area contributed by atoms with Crippen LogP contribution in [0.2, 0.25) is 0 Å². The molecule has 19 heavy (non-hydrogen) atoms. The van der Waals surface area contributed by atoms with Gasteiger partial charge in [0.1, 0.15) is 0 Å². The van der Waals surface area contributed by atoms with Crippen LogP contribution in [-0.4, -0.2) is 74.4 Å². The summed E-state index contributed by atoms with van der Waals surface area (Å²) in [6.07, 6.45) is 4.65. The van der Waals surface area contributed by atoms with Crippen LogP contribution >= 0.6 is 0 Å². The second kappa shape index (κ2) is 10.6. The standard InChI is InChI=1S/C15H35N3O/c1-6-16-15(2,14-19)10-7-8-12-18(5)13-9-11-17(3)4/h16,19H,6-14H2,1-5H3. The van der Waals surface area contributed by atoms with Gasteiger partial charge in [0.15, 0.2) is 0 Å². The first kappa shape index (κ1) is 18.8. The summed E-state index contributed by atoms with van der Waals surface area (Å²) < 4.78 is 0. The van der Waals surface area contributed by atoms with Crippen LogP contribution in [0.4, 0.5) is 0 Å². The van der Waals surface area contributed by atoms with Gasteiger partial charge in [0.2, 0.25) is 0 Å². The largest absolute Gasteiger partial charge is 0.394 e. The minimum atomic E-state index is -0.0990. The van der Waals surface area contributed by atoms with Crippen molar-refractivity contribution >= 4 is 0 Å². The van der Waals surface area contributed by atoms with E-state index in [0.717, 1.165) is 26.1 Å². The Bertz CT molecular complexity index is 212. The summed E-state index contributed by atoms with van der Waals surface area (Å²) in [6.45, 7) is 8.82. The predicted octanol–water partition coefficient (Wildman–Crippen LogP) is 1.40. The van der Waals surface area contributed by atoms with Gasteiger partial charge in [0.05, 0.1) is 6.61 Å². The number of hydrogen-bond acceptors (Lipinski definition) is 4. The molecule has 0 heterocycles. The van der Waals surface area contributed by atoms with Crippen molar-refractivity contribution in [1.82, 2.24) is 15.1 Å². The van der Waals surface area contributed by atoms with E-state index >= 15 is 0 Å². The summed E-state index contributed by atoms with van der Waals surface area (Å²) in [7, 11) is 6.44. The van der Waals surface area contributed by atoms with Gasteiger partial charge in [0, 0.05) is 5.54 Å². The molecule has 0 amide bonds. The molecule has 116 valence electrons. The summed E-state index contributed by atoms with van der Waals surface area (Å²) in [5.41, 5.74) is -0.0990. The fraction of sp³-hybridized carbons (Fsp3) is 1.00. The average molecular weight is 273 g/mol. The van der Waals surface area contributed by atoms with Crippen molar-refractivity contribution in [3.63, 3.8) is 0 Å². The first-order chi connectivity index (χ1) is 8.93. The van der Waals surface area contributed by atoms with Crippen LogP contribution in [0.3, 0.4) is 0 Å². The first-order valence-corrected chi connectivity index (χ1v) is 7.62. The van der Waals surface area contributed by atoms with E-state index in [0.29, 0.717) is 0 Å². The molecule has 0 fully saturated rings. The second-order valence-corrected chi connectivity index (χ2v) is 6.17. The van der Waals surface area contributed by atoms with Gasteiger partial charge in [-0.15, -0.1) is 0 Å². The maximum absolute atomic E-state index is 9.42. The Hall–Kier alpha value is -0.160. The van der Waals surface area contributed by atoms with Crippen LogP contribution in [-0.2, 0) is 0 Å². The molecule has 4 heteroatoms. The molecule has 0 saturated carbocycles. The fourth-order valence-corrected chi connectivity index (χ4v) is 2.32. The molecule has 4 nitrogen and oxygen atoms in total. The van der Waals surface area contributed by atoms with E-state index in [4.69, 9.17) is 0 Å². The monoisotopic (exact) mass is 273 g/mol. The molecule has 0 spiro atoms. The minimum absolute atomic E-state index is 0.0990. The van der Waals surface area contributed by atoms with Gasteiger partial charge in [-0.2, -0.15) is 0 Å². The summed E-state index contributed by atoms with van der Waals surface area (Å²) in [4.78, 5) is 4.64. The third-order valence-electron chi connectivity index (χ3n) is 3.62. The maximum atomic E-state index is 9.42. The Morgan fingerprint density at radius 2 is 1.63 bits per heavy atom. The predicted molar refractivity (Wildman–Crippen MR) is 83.7 cm³/mol. The molecule has 1 unspecified atom stereocenters. The maximum Gasteiger partial charge on any atom is 0.0610 e. The zero-order valence-electron chi connectivity index (χ0n) is 13.7. The molecule has 0 rings (SSSR count). The molecule has 0 aromatic carbocycles. The van der Waals surface area contributed by atoms with Crippen LogP contribution < -0.4 is 5.32 Å². The van der Waals surface area contributed by atoms with E-state index in [2.05, 4.69) is 50.1 Å². The lowest BCUT2D eigenvalue weighted by molar-refractivity contribution is 0.163. The lowest BCUT2D eigenvalue weighted by atomic mass is 9.95. The third-order valence-corrected chi connectivity index (χ3v) is 3.62. The number of likely N-dealkylation sites (N-methyl/N-ethyl adjacent to an activating group) is 1. The lowest BCUT2D eigenvalue weighted by Crippen LogP contribution is -2.45. The second-order valence-electron chi connectivity index (χ2n) is 6.17. The highest BCUT2D eigenvalue weighted by molar-refractivity contribution is 4.81. The molecule has 2 N–H and O–H groups in total.